The van der Waals surface area contributed by atoms with Crippen LogP contribution in [0.5, 0.6) is 0 Å². The third kappa shape index (κ3) is 2.63. The van der Waals surface area contributed by atoms with Crippen molar-refractivity contribution in [1.29, 1.82) is 0 Å². The Labute approximate surface area is 119 Å². The van der Waals surface area contributed by atoms with Crippen molar-refractivity contribution in [2.45, 2.75) is 62.7 Å². The second kappa shape index (κ2) is 5.98. The molecular formula is C15H24OS2. The molecule has 0 radical (unpaired) electrons. The summed E-state index contributed by atoms with van der Waals surface area (Å²) in [5, 5.41) is 9.42. The summed E-state index contributed by atoms with van der Waals surface area (Å²) < 4.78 is 0. The molecule has 1 aliphatic rings. The zero-order valence-corrected chi connectivity index (χ0v) is 13.3. The molecule has 1 N–H and O–H groups in total. The van der Waals surface area contributed by atoms with E-state index in [0.29, 0.717) is 17.9 Å². The number of fused-ring (bicyclic) bond motifs is 1. The molecule has 0 saturated carbocycles. The summed E-state index contributed by atoms with van der Waals surface area (Å²) >= 11 is 3.88. The fraction of sp³-hybridized carbons (Fsp3) is 0.733. The van der Waals surface area contributed by atoms with Gasteiger partial charge in [-0.15, -0.1) is 23.1 Å². The number of rotatable bonds is 6. The van der Waals surface area contributed by atoms with Crippen molar-refractivity contribution >= 4 is 23.1 Å². The Morgan fingerprint density at radius 3 is 2.83 bits per heavy atom. The van der Waals surface area contributed by atoms with Crippen molar-refractivity contribution in [3.05, 3.63) is 15.8 Å². The van der Waals surface area contributed by atoms with Crippen LogP contribution in [0.3, 0.4) is 0 Å². The minimum absolute atomic E-state index is 0.303. The molecule has 1 nitrogen and oxygen atoms in total. The average molecular weight is 284 g/mol. The molecule has 0 amide bonds. The fourth-order valence-electron chi connectivity index (χ4n) is 2.53. The summed E-state index contributed by atoms with van der Waals surface area (Å²) in [4.78, 5) is 4.41. The molecule has 0 aliphatic carbocycles. The average Bonchev–Trinajstić information content (AvgIpc) is 2.95. The standard InChI is InChI=1S/C15H24OS2/c1-4-6-7-15(3,5-2)13-8-12-14(18-13)11(9-16)10-17-12/h8,11,16H,4-7,9-10H2,1-3H3. The summed E-state index contributed by atoms with van der Waals surface area (Å²) in [6.45, 7) is 7.28. The number of aliphatic hydroxyl groups is 1. The quantitative estimate of drug-likeness (QED) is 0.810. The van der Waals surface area contributed by atoms with Crippen LogP contribution in [-0.4, -0.2) is 17.5 Å². The molecule has 2 unspecified atom stereocenters. The number of aliphatic hydroxyl groups excluding tert-OH is 1. The Morgan fingerprint density at radius 2 is 2.22 bits per heavy atom. The van der Waals surface area contributed by atoms with Gasteiger partial charge in [-0.2, -0.15) is 0 Å². The van der Waals surface area contributed by atoms with Gasteiger partial charge in [0.2, 0.25) is 0 Å². The maximum Gasteiger partial charge on any atom is 0.0516 e. The Morgan fingerprint density at radius 1 is 1.44 bits per heavy atom. The lowest BCUT2D eigenvalue weighted by molar-refractivity contribution is 0.277. The summed E-state index contributed by atoms with van der Waals surface area (Å²) in [5.41, 5.74) is 0.339. The van der Waals surface area contributed by atoms with Gasteiger partial charge >= 0.3 is 0 Å². The lowest BCUT2D eigenvalue weighted by Gasteiger charge is -2.27. The summed E-state index contributed by atoms with van der Waals surface area (Å²) in [7, 11) is 0. The number of unbranched alkanes of at least 4 members (excludes halogenated alkanes) is 1. The van der Waals surface area contributed by atoms with Crippen LogP contribution in [-0.2, 0) is 5.41 Å². The lowest BCUT2D eigenvalue weighted by atomic mass is 9.81. The number of thioether (sulfide) groups is 1. The first-order chi connectivity index (χ1) is 8.64. The molecule has 0 bridgehead atoms. The lowest BCUT2D eigenvalue weighted by Crippen LogP contribution is -2.19. The van der Waals surface area contributed by atoms with Crippen LogP contribution >= 0.6 is 23.1 Å². The van der Waals surface area contributed by atoms with Crippen LogP contribution in [0.4, 0.5) is 0 Å². The summed E-state index contributed by atoms with van der Waals surface area (Å²) in [6.07, 6.45) is 5.08. The van der Waals surface area contributed by atoms with Gasteiger partial charge in [0.25, 0.3) is 0 Å². The van der Waals surface area contributed by atoms with Crippen LogP contribution in [0.1, 0.15) is 62.1 Å². The number of hydrogen-bond donors (Lipinski definition) is 1. The molecule has 2 atom stereocenters. The zero-order chi connectivity index (χ0) is 13.2. The van der Waals surface area contributed by atoms with Crippen molar-refractivity contribution in [2.75, 3.05) is 12.4 Å². The van der Waals surface area contributed by atoms with E-state index in [1.165, 1.54) is 40.3 Å². The molecule has 0 spiro atoms. The van der Waals surface area contributed by atoms with Gasteiger partial charge in [-0.1, -0.05) is 33.6 Å². The van der Waals surface area contributed by atoms with Crippen LogP contribution < -0.4 is 0 Å². The molecule has 3 heteroatoms. The molecular weight excluding hydrogens is 260 g/mol. The third-order valence-electron chi connectivity index (χ3n) is 4.21. The maximum absolute atomic E-state index is 9.42. The van der Waals surface area contributed by atoms with Crippen molar-refractivity contribution in [3.8, 4) is 0 Å². The van der Waals surface area contributed by atoms with E-state index < -0.39 is 0 Å². The normalized spacial score (nSPS) is 21.9. The second-order valence-electron chi connectivity index (χ2n) is 5.55. The topological polar surface area (TPSA) is 20.2 Å². The Balaban J connectivity index is 2.23. The van der Waals surface area contributed by atoms with E-state index in [4.69, 9.17) is 0 Å². The number of hydrogen-bond acceptors (Lipinski definition) is 3. The smallest absolute Gasteiger partial charge is 0.0516 e. The van der Waals surface area contributed by atoms with Gasteiger partial charge in [0.05, 0.1) is 6.61 Å². The minimum Gasteiger partial charge on any atom is -0.396 e. The van der Waals surface area contributed by atoms with Gasteiger partial charge in [0.15, 0.2) is 0 Å². The Bertz CT molecular complexity index is 399. The van der Waals surface area contributed by atoms with Gasteiger partial charge in [-0.3, -0.25) is 0 Å². The minimum atomic E-state index is 0.303. The predicted molar refractivity (Wildman–Crippen MR) is 82.0 cm³/mol. The second-order valence-corrected chi connectivity index (χ2v) is 7.69. The van der Waals surface area contributed by atoms with Crippen LogP contribution in [0, 0.1) is 0 Å². The highest BCUT2D eigenvalue weighted by molar-refractivity contribution is 7.99. The van der Waals surface area contributed by atoms with Crippen molar-refractivity contribution in [2.24, 2.45) is 0 Å². The van der Waals surface area contributed by atoms with E-state index in [2.05, 4.69) is 26.8 Å². The van der Waals surface area contributed by atoms with Gasteiger partial charge < -0.3 is 5.11 Å². The van der Waals surface area contributed by atoms with Crippen LogP contribution in [0.15, 0.2) is 11.0 Å². The first-order valence-electron chi connectivity index (χ1n) is 7.02. The Kier molecular flexibility index (Phi) is 4.79. The highest BCUT2D eigenvalue weighted by atomic mass is 32.2. The molecule has 0 aromatic carbocycles. The van der Waals surface area contributed by atoms with E-state index in [1.54, 1.807) is 0 Å². The molecule has 1 aliphatic heterocycles. The predicted octanol–water partition coefficient (Wildman–Crippen LogP) is 4.79. The molecule has 18 heavy (non-hydrogen) atoms. The third-order valence-corrected chi connectivity index (χ3v) is 7.16. The number of thiophene rings is 1. The molecule has 1 aromatic rings. The highest BCUT2D eigenvalue weighted by Crippen LogP contribution is 2.48. The maximum atomic E-state index is 9.42. The van der Waals surface area contributed by atoms with Crippen LogP contribution in [0.25, 0.3) is 0 Å². The molecule has 102 valence electrons. The highest BCUT2D eigenvalue weighted by Gasteiger charge is 2.31. The first kappa shape index (κ1) is 14.4. The van der Waals surface area contributed by atoms with Gasteiger partial charge in [-0.25, -0.2) is 0 Å². The van der Waals surface area contributed by atoms with Crippen LogP contribution in [0.2, 0.25) is 0 Å². The van der Waals surface area contributed by atoms with E-state index >= 15 is 0 Å². The molecule has 2 rings (SSSR count). The summed E-state index contributed by atoms with van der Waals surface area (Å²) in [5.74, 6) is 1.45. The van der Waals surface area contributed by atoms with Crippen molar-refractivity contribution in [3.63, 3.8) is 0 Å². The molecule has 0 fully saturated rings. The monoisotopic (exact) mass is 284 g/mol. The van der Waals surface area contributed by atoms with Crippen molar-refractivity contribution < 1.29 is 5.11 Å². The largest absolute Gasteiger partial charge is 0.396 e. The van der Waals surface area contributed by atoms with E-state index in [9.17, 15) is 5.11 Å². The van der Waals surface area contributed by atoms with E-state index in [0.717, 1.165) is 5.75 Å². The fourth-order valence-corrected chi connectivity index (χ4v) is 5.56. The SMILES string of the molecule is CCCCC(C)(CC)c1cc2c(s1)C(CO)CS2. The van der Waals surface area contributed by atoms with Gasteiger partial charge in [-0.05, 0) is 18.9 Å². The molecule has 1 aromatic heterocycles. The van der Waals surface area contributed by atoms with Gasteiger partial charge in [0, 0.05) is 31.7 Å². The Hall–Kier alpha value is 0.01000. The van der Waals surface area contributed by atoms with Crippen molar-refractivity contribution in [1.82, 2.24) is 0 Å². The van der Waals surface area contributed by atoms with Gasteiger partial charge in [0.1, 0.15) is 0 Å². The zero-order valence-electron chi connectivity index (χ0n) is 11.7. The summed E-state index contributed by atoms with van der Waals surface area (Å²) in [6, 6.07) is 2.40. The molecule has 0 saturated heterocycles. The van der Waals surface area contributed by atoms with E-state index in [1.807, 2.05) is 23.1 Å². The first-order valence-corrected chi connectivity index (χ1v) is 8.82. The van der Waals surface area contributed by atoms with E-state index in [-0.39, 0.29) is 0 Å². The molecule has 2 heterocycles.